The molecule has 0 radical (unpaired) electrons. The molecular formula is C10H12FN. The molecule has 0 bridgehead atoms. The van der Waals surface area contributed by atoms with Crippen molar-refractivity contribution in [3.63, 3.8) is 0 Å². The minimum Gasteiger partial charge on any atom is -0.398 e. The topological polar surface area (TPSA) is 26.0 Å². The number of benzene rings is 1. The average molecular weight is 165 g/mol. The maximum Gasteiger partial charge on any atom is 0.126 e. The molecule has 0 amide bonds. The molecule has 0 unspecified atom stereocenters. The van der Waals surface area contributed by atoms with Crippen LogP contribution in [0.15, 0.2) is 12.1 Å². The van der Waals surface area contributed by atoms with Crippen LogP contribution in [0.4, 0.5) is 10.1 Å². The first kappa shape index (κ1) is 7.59. The third-order valence-corrected chi connectivity index (χ3v) is 2.51. The van der Waals surface area contributed by atoms with Gasteiger partial charge < -0.3 is 5.73 Å². The van der Waals surface area contributed by atoms with Crippen LogP contribution in [0.1, 0.15) is 24.0 Å². The largest absolute Gasteiger partial charge is 0.398 e. The Hall–Kier alpha value is -1.05. The summed E-state index contributed by atoms with van der Waals surface area (Å²) in [7, 11) is 0. The lowest BCUT2D eigenvalue weighted by atomic mass is 9.90. The van der Waals surface area contributed by atoms with Gasteiger partial charge in [-0.25, -0.2) is 4.39 Å². The molecule has 1 aromatic rings. The van der Waals surface area contributed by atoms with E-state index in [0.29, 0.717) is 0 Å². The second kappa shape index (κ2) is 2.77. The van der Waals surface area contributed by atoms with Gasteiger partial charge in [-0.05, 0) is 48.9 Å². The molecule has 0 fully saturated rings. The molecule has 12 heavy (non-hydrogen) atoms. The predicted molar refractivity (Wildman–Crippen MR) is 47.5 cm³/mol. The maximum absolute atomic E-state index is 13.2. The molecule has 1 nitrogen and oxygen atoms in total. The number of nitrogen functional groups attached to an aromatic ring is 1. The Kier molecular flexibility index (Phi) is 1.75. The van der Waals surface area contributed by atoms with Gasteiger partial charge >= 0.3 is 0 Å². The van der Waals surface area contributed by atoms with E-state index in [0.717, 1.165) is 42.5 Å². The van der Waals surface area contributed by atoms with E-state index in [1.165, 1.54) is 6.07 Å². The predicted octanol–water partition coefficient (Wildman–Crippen LogP) is 2.29. The van der Waals surface area contributed by atoms with E-state index in [4.69, 9.17) is 5.73 Å². The Morgan fingerprint density at radius 2 is 1.75 bits per heavy atom. The lowest BCUT2D eigenvalue weighted by Gasteiger charge is -2.17. The summed E-state index contributed by atoms with van der Waals surface area (Å²) in [5.41, 5.74) is 8.39. The van der Waals surface area contributed by atoms with Crippen molar-refractivity contribution in [2.75, 3.05) is 5.73 Å². The second-order valence-corrected chi connectivity index (χ2v) is 3.30. The lowest BCUT2D eigenvalue weighted by molar-refractivity contribution is 0.579. The molecule has 0 saturated heterocycles. The molecule has 0 aromatic heterocycles. The fourth-order valence-corrected chi connectivity index (χ4v) is 1.85. The van der Waals surface area contributed by atoms with Crippen LogP contribution < -0.4 is 5.73 Å². The molecule has 2 N–H and O–H groups in total. The quantitative estimate of drug-likeness (QED) is 0.586. The van der Waals surface area contributed by atoms with Crippen LogP contribution >= 0.6 is 0 Å². The summed E-state index contributed by atoms with van der Waals surface area (Å²) < 4.78 is 13.2. The summed E-state index contributed by atoms with van der Waals surface area (Å²) in [5, 5.41) is 0. The summed E-state index contributed by atoms with van der Waals surface area (Å²) in [6.45, 7) is 0. The van der Waals surface area contributed by atoms with Crippen LogP contribution in [0.5, 0.6) is 0 Å². The zero-order valence-corrected chi connectivity index (χ0v) is 6.94. The number of anilines is 1. The molecule has 2 rings (SSSR count). The van der Waals surface area contributed by atoms with Crippen molar-refractivity contribution in [3.8, 4) is 0 Å². The van der Waals surface area contributed by atoms with Gasteiger partial charge in [-0.3, -0.25) is 0 Å². The van der Waals surface area contributed by atoms with E-state index < -0.39 is 0 Å². The van der Waals surface area contributed by atoms with Crippen molar-refractivity contribution in [1.82, 2.24) is 0 Å². The number of fused-ring (bicyclic) bond motifs is 1. The first-order chi connectivity index (χ1) is 5.79. The smallest absolute Gasteiger partial charge is 0.126 e. The second-order valence-electron chi connectivity index (χ2n) is 3.30. The van der Waals surface area contributed by atoms with Gasteiger partial charge in [0.05, 0.1) is 0 Å². The van der Waals surface area contributed by atoms with E-state index in [-0.39, 0.29) is 5.82 Å². The molecule has 1 aromatic carbocycles. The van der Waals surface area contributed by atoms with Gasteiger partial charge in [0.1, 0.15) is 5.82 Å². The van der Waals surface area contributed by atoms with Gasteiger partial charge in [0, 0.05) is 5.69 Å². The van der Waals surface area contributed by atoms with Crippen LogP contribution in [-0.4, -0.2) is 0 Å². The fourth-order valence-electron chi connectivity index (χ4n) is 1.85. The first-order valence-electron chi connectivity index (χ1n) is 4.35. The number of hydrogen-bond donors (Lipinski definition) is 1. The van der Waals surface area contributed by atoms with Gasteiger partial charge in [0.15, 0.2) is 0 Å². The van der Waals surface area contributed by atoms with Gasteiger partial charge in [-0.1, -0.05) is 0 Å². The summed E-state index contributed by atoms with van der Waals surface area (Å²) in [6.07, 6.45) is 4.03. The highest BCUT2D eigenvalue weighted by Crippen LogP contribution is 2.27. The lowest BCUT2D eigenvalue weighted by Crippen LogP contribution is -2.08. The number of halogens is 1. The molecule has 2 heteroatoms. The van der Waals surface area contributed by atoms with Crippen molar-refractivity contribution in [2.45, 2.75) is 25.7 Å². The van der Waals surface area contributed by atoms with Gasteiger partial charge in [0.25, 0.3) is 0 Å². The minimum atomic E-state index is -0.0844. The molecule has 64 valence electrons. The fraction of sp³-hybridized carbons (Fsp3) is 0.400. The molecular weight excluding hydrogens is 153 g/mol. The molecule has 0 heterocycles. The van der Waals surface area contributed by atoms with E-state index in [1.807, 2.05) is 0 Å². The highest BCUT2D eigenvalue weighted by molar-refractivity contribution is 5.52. The number of hydrogen-bond acceptors (Lipinski definition) is 1. The molecule has 1 aliphatic rings. The van der Waals surface area contributed by atoms with Crippen molar-refractivity contribution in [1.29, 1.82) is 0 Å². The normalized spacial score (nSPS) is 15.8. The van der Waals surface area contributed by atoms with Crippen LogP contribution in [0.3, 0.4) is 0 Å². The van der Waals surface area contributed by atoms with Gasteiger partial charge in [-0.15, -0.1) is 0 Å². The summed E-state index contributed by atoms with van der Waals surface area (Å²) in [6, 6.07) is 3.14. The molecule has 0 atom stereocenters. The molecule has 0 saturated carbocycles. The SMILES string of the molecule is Nc1ccc(F)c2c1CCCC2. The standard InChI is InChI=1S/C10H12FN/c11-9-5-6-10(12)8-4-2-1-3-7(8)9/h5-6H,1-4,12H2. The van der Waals surface area contributed by atoms with Crippen molar-refractivity contribution < 1.29 is 4.39 Å². The Morgan fingerprint density at radius 1 is 1.08 bits per heavy atom. The highest BCUT2D eigenvalue weighted by atomic mass is 19.1. The van der Waals surface area contributed by atoms with Crippen molar-refractivity contribution in [2.24, 2.45) is 0 Å². The monoisotopic (exact) mass is 165 g/mol. The Bertz CT molecular complexity index is 276. The van der Waals surface area contributed by atoms with Crippen LogP contribution in [0, 0.1) is 5.82 Å². The van der Waals surface area contributed by atoms with E-state index in [1.54, 1.807) is 6.07 Å². The van der Waals surface area contributed by atoms with Crippen molar-refractivity contribution in [3.05, 3.63) is 29.1 Å². The van der Waals surface area contributed by atoms with E-state index in [9.17, 15) is 4.39 Å². The Balaban J connectivity index is 2.57. The third kappa shape index (κ3) is 1.07. The average Bonchev–Trinajstić information content (AvgIpc) is 2.12. The number of rotatable bonds is 0. The Labute approximate surface area is 71.4 Å². The van der Waals surface area contributed by atoms with Gasteiger partial charge in [0.2, 0.25) is 0 Å². The highest BCUT2D eigenvalue weighted by Gasteiger charge is 2.15. The first-order valence-corrected chi connectivity index (χ1v) is 4.35. The molecule has 1 aliphatic carbocycles. The Morgan fingerprint density at radius 3 is 2.42 bits per heavy atom. The zero-order valence-electron chi connectivity index (χ0n) is 6.94. The zero-order chi connectivity index (χ0) is 8.55. The summed E-state index contributed by atoms with van der Waals surface area (Å²) in [4.78, 5) is 0. The summed E-state index contributed by atoms with van der Waals surface area (Å²) >= 11 is 0. The van der Waals surface area contributed by atoms with Crippen LogP contribution in [0.2, 0.25) is 0 Å². The van der Waals surface area contributed by atoms with Crippen LogP contribution in [-0.2, 0) is 12.8 Å². The summed E-state index contributed by atoms with van der Waals surface area (Å²) in [5.74, 6) is -0.0844. The molecule has 0 spiro atoms. The van der Waals surface area contributed by atoms with E-state index >= 15 is 0 Å². The molecule has 0 aliphatic heterocycles. The third-order valence-electron chi connectivity index (χ3n) is 2.51. The number of nitrogens with two attached hydrogens (primary N) is 1. The van der Waals surface area contributed by atoms with Crippen LogP contribution in [0.25, 0.3) is 0 Å². The maximum atomic E-state index is 13.2. The van der Waals surface area contributed by atoms with Crippen molar-refractivity contribution >= 4 is 5.69 Å². The van der Waals surface area contributed by atoms with Gasteiger partial charge in [-0.2, -0.15) is 0 Å². The van der Waals surface area contributed by atoms with E-state index in [2.05, 4.69) is 0 Å². The minimum absolute atomic E-state index is 0.0844.